The zero-order valence-electron chi connectivity index (χ0n) is 16.0. The standard InChI is InChI=1S/C21H27N3O3/c1-14-10-12-23(17-9-4-3-8-16(14)17)18(25)13-24-19(26)21(22-20(24)27)11-6-5-7-15(21)2/h3-4,8-9,14-15H,5-7,10-13H2,1-2H3,(H,22,27). The van der Waals surface area contributed by atoms with Gasteiger partial charge in [-0.25, -0.2) is 4.79 Å². The fourth-order valence-corrected chi connectivity index (χ4v) is 4.87. The van der Waals surface area contributed by atoms with Gasteiger partial charge in [-0.05, 0) is 42.7 Å². The van der Waals surface area contributed by atoms with Crippen molar-refractivity contribution in [2.75, 3.05) is 18.0 Å². The van der Waals surface area contributed by atoms with Crippen molar-refractivity contribution in [2.45, 2.75) is 57.4 Å². The molecule has 0 bridgehead atoms. The molecule has 1 spiro atoms. The smallest absolute Gasteiger partial charge is 0.323 e. The normalized spacial score (nSPS) is 30.4. The average Bonchev–Trinajstić information content (AvgIpc) is 2.90. The van der Waals surface area contributed by atoms with Gasteiger partial charge < -0.3 is 10.2 Å². The van der Waals surface area contributed by atoms with Gasteiger partial charge in [0.25, 0.3) is 5.91 Å². The number of amides is 4. The van der Waals surface area contributed by atoms with Crippen LogP contribution in [0.3, 0.4) is 0 Å². The summed E-state index contributed by atoms with van der Waals surface area (Å²) in [5, 5.41) is 2.92. The number of imide groups is 1. The molecule has 1 aliphatic carbocycles. The minimum Gasteiger partial charge on any atom is -0.323 e. The van der Waals surface area contributed by atoms with Crippen LogP contribution >= 0.6 is 0 Å². The van der Waals surface area contributed by atoms with Gasteiger partial charge in [0.1, 0.15) is 12.1 Å². The monoisotopic (exact) mass is 369 g/mol. The quantitative estimate of drug-likeness (QED) is 0.815. The number of fused-ring (bicyclic) bond motifs is 1. The Kier molecular flexibility index (Phi) is 4.44. The molecule has 6 nitrogen and oxygen atoms in total. The van der Waals surface area contributed by atoms with E-state index in [2.05, 4.69) is 12.2 Å². The number of rotatable bonds is 2. The number of urea groups is 1. The Morgan fingerprint density at radius 1 is 1.19 bits per heavy atom. The van der Waals surface area contributed by atoms with E-state index in [9.17, 15) is 14.4 Å². The van der Waals surface area contributed by atoms with Crippen LogP contribution in [0, 0.1) is 5.92 Å². The van der Waals surface area contributed by atoms with Crippen molar-refractivity contribution in [3.63, 3.8) is 0 Å². The summed E-state index contributed by atoms with van der Waals surface area (Å²) in [6, 6.07) is 7.46. The highest BCUT2D eigenvalue weighted by atomic mass is 16.2. The van der Waals surface area contributed by atoms with E-state index >= 15 is 0 Å². The molecular formula is C21H27N3O3. The molecule has 1 saturated carbocycles. The summed E-state index contributed by atoms with van der Waals surface area (Å²) in [6.45, 7) is 4.60. The van der Waals surface area contributed by atoms with Crippen LogP contribution in [0.25, 0.3) is 0 Å². The van der Waals surface area contributed by atoms with Crippen LogP contribution in [0.15, 0.2) is 24.3 Å². The van der Waals surface area contributed by atoms with Crippen molar-refractivity contribution in [1.82, 2.24) is 10.2 Å². The number of carbonyl (C=O) groups is 3. The van der Waals surface area contributed by atoms with Crippen LogP contribution in [-0.4, -0.2) is 41.4 Å². The highest BCUT2D eigenvalue weighted by Crippen LogP contribution is 2.39. The molecule has 3 atom stereocenters. The van der Waals surface area contributed by atoms with Crippen molar-refractivity contribution < 1.29 is 14.4 Å². The number of benzene rings is 1. The number of hydrogen-bond donors (Lipinski definition) is 1. The predicted molar refractivity (Wildman–Crippen MR) is 102 cm³/mol. The van der Waals surface area contributed by atoms with E-state index in [1.807, 2.05) is 31.2 Å². The predicted octanol–water partition coefficient (Wildman–Crippen LogP) is 3.03. The molecule has 1 saturated heterocycles. The maximum atomic E-state index is 13.1. The van der Waals surface area contributed by atoms with Gasteiger partial charge in [0.05, 0.1) is 0 Å². The number of para-hydroxylation sites is 1. The average molecular weight is 369 g/mol. The van der Waals surface area contributed by atoms with Crippen LogP contribution in [-0.2, 0) is 9.59 Å². The summed E-state index contributed by atoms with van der Waals surface area (Å²) in [5.41, 5.74) is 1.23. The van der Waals surface area contributed by atoms with E-state index in [0.29, 0.717) is 18.9 Å². The van der Waals surface area contributed by atoms with Gasteiger partial charge in [0, 0.05) is 12.2 Å². The molecule has 1 aromatic carbocycles. The lowest BCUT2D eigenvalue weighted by Gasteiger charge is -2.37. The molecule has 0 radical (unpaired) electrons. The van der Waals surface area contributed by atoms with Gasteiger partial charge in [-0.3, -0.25) is 14.5 Å². The molecular weight excluding hydrogens is 342 g/mol. The Balaban J connectivity index is 1.54. The lowest BCUT2D eigenvalue weighted by atomic mass is 9.73. The summed E-state index contributed by atoms with van der Waals surface area (Å²) in [4.78, 5) is 41.5. The van der Waals surface area contributed by atoms with E-state index < -0.39 is 11.6 Å². The van der Waals surface area contributed by atoms with Crippen LogP contribution < -0.4 is 10.2 Å². The zero-order valence-corrected chi connectivity index (χ0v) is 16.0. The maximum absolute atomic E-state index is 13.1. The highest BCUT2D eigenvalue weighted by Gasteiger charge is 2.55. The van der Waals surface area contributed by atoms with E-state index in [0.717, 1.165) is 41.8 Å². The second-order valence-electron chi connectivity index (χ2n) is 8.23. The summed E-state index contributed by atoms with van der Waals surface area (Å²) in [5.74, 6) is 0.0674. The van der Waals surface area contributed by atoms with Gasteiger partial charge in [-0.1, -0.05) is 44.9 Å². The van der Waals surface area contributed by atoms with Crippen molar-refractivity contribution >= 4 is 23.5 Å². The van der Waals surface area contributed by atoms with Crippen molar-refractivity contribution in [3.8, 4) is 0 Å². The van der Waals surface area contributed by atoms with Gasteiger partial charge >= 0.3 is 6.03 Å². The van der Waals surface area contributed by atoms with Crippen molar-refractivity contribution in [2.24, 2.45) is 5.92 Å². The molecule has 2 aliphatic heterocycles. The molecule has 144 valence electrons. The van der Waals surface area contributed by atoms with E-state index in [1.165, 1.54) is 0 Å². The van der Waals surface area contributed by atoms with Crippen LogP contribution in [0.1, 0.15) is 57.4 Å². The summed E-state index contributed by atoms with van der Waals surface area (Å²) < 4.78 is 0. The first-order chi connectivity index (χ1) is 12.9. The second-order valence-corrected chi connectivity index (χ2v) is 8.23. The summed E-state index contributed by atoms with van der Waals surface area (Å²) in [6.07, 6.45) is 4.46. The van der Waals surface area contributed by atoms with Gasteiger partial charge in [-0.2, -0.15) is 0 Å². The third-order valence-corrected chi connectivity index (χ3v) is 6.64. The van der Waals surface area contributed by atoms with Crippen LogP contribution in [0.2, 0.25) is 0 Å². The molecule has 6 heteroatoms. The Labute approximate surface area is 159 Å². The number of nitrogens with one attached hydrogen (secondary N) is 1. The highest BCUT2D eigenvalue weighted by molar-refractivity contribution is 6.10. The molecule has 27 heavy (non-hydrogen) atoms. The third kappa shape index (κ3) is 2.82. The SMILES string of the molecule is CC1CCN(C(=O)CN2C(=O)NC3(CCCCC3C)C2=O)c2ccccc21. The minimum absolute atomic E-state index is 0.0966. The topological polar surface area (TPSA) is 69.7 Å². The van der Waals surface area contributed by atoms with E-state index in [1.54, 1.807) is 4.90 Å². The molecule has 1 N–H and O–H groups in total. The number of hydrogen-bond acceptors (Lipinski definition) is 3. The Bertz CT molecular complexity index is 793. The fourth-order valence-electron chi connectivity index (χ4n) is 4.87. The maximum Gasteiger partial charge on any atom is 0.325 e. The second kappa shape index (κ2) is 6.66. The zero-order chi connectivity index (χ0) is 19.2. The minimum atomic E-state index is -0.816. The molecule has 3 unspecified atom stereocenters. The molecule has 4 amide bonds. The first-order valence-electron chi connectivity index (χ1n) is 9.97. The Morgan fingerprint density at radius 3 is 2.74 bits per heavy atom. The molecule has 0 aromatic heterocycles. The van der Waals surface area contributed by atoms with Crippen LogP contribution in [0.4, 0.5) is 10.5 Å². The number of nitrogens with zero attached hydrogens (tertiary/aromatic N) is 2. The lowest BCUT2D eigenvalue weighted by Crippen LogP contribution is -2.54. The molecule has 1 aromatic rings. The van der Waals surface area contributed by atoms with Gasteiger partial charge in [-0.15, -0.1) is 0 Å². The van der Waals surface area contributed by atoms with Gasteiger partial charge in [0.2, 0.25) is 5.91 Å². The molecule has 2 fully saturated rings. The lowest BCUT2D eigenvalue weighted by molar-refractivity contribution is -0.136. The van der Waals surface area contributed by atoms with Crippen molar-refractivity contribution in [3.05, 3.63) is 29.8 Å². The van der Waals surface area contributed by atoms with Gasteiger partial charge in [0.15, 0.2) is 0 Å². The van der Waals surface area contributed by atoms with Crippen LogP contribution in [0.5, 0.6) is 0 Å². The number of carbonyl (C=O) groups excluding carboxylic acids is 3. The van der Waals surface area contributed by atoms with Crippen molar-refractivity contribution in [1.29, 1.82) is 0 Å². The fraction of sp³-hybridized carbons (Fsp3) is 0.571. The molecule has 3 aliphatic rings. The third-order valence-electron chi connectivity index (χ3n) is 6.64. The first-order valence-corrected chi connectivity index (χ1v) is 9.97. The molecule has 2 heterocycles. The first kappa shape index (κ1) is 18.0. The largest absolute Gasteiger partial charge is 0.325 e. The summed E-state index contributed by atoms with van der Waals surface area (Å²) >= 11 is 0. The molecule has 4 rings (SSSR count). The summed E-state index contributed by atoms with van der Waals surface area (Å²) in [7, 11) is 0. The van der Waals surface area contributed by atoms with E-state index in [-0.39, 0.29) is 24.3 Å². The number of anilines is 1. The Morgan fingerprint density at radius 2 is 1.96 bits per heavy atom. The van der Waals surface area contributed by atoms with E-state index in [4.69, 9.17) is 0 Å². The Hall–Kier alpha value is -2.37.